The van der Waals surface area contributed by atoms with Crippen LogP contribution in [0.4, 0.5) is 17.1 Å². The van der Waals surface area contributed by atoms with Gasteiger partial charge < -0.3 is 9.32 Å². The highest BCUT2D eigenvalue weighted by Gasteiger charge is 2.24. The van der Waals surface area contributed by atoms with Crippen LogP contribution in [-0.4, -0.2) is 0 Å². The molecule has 1 aromatic heterocycles. The molecule has 0 aliphatic heterocycles. The van der Waals surface area contributed by atoms with Gasteiger partial charge in [0.25, 0.3) is 0 Å². The largest absolute Gasteiger partial charge is 0.454 e. The van der Waals surface area contributed by atoms with Gasteiger partial charge in [0.1, 0.15) is 5.58 Å². The van der Waals surface area contributed by atoms with Gasteiger partial charge in [0.15, 0.2) is 5.58 Å². The van der Waals surface area contributed by atoms with Crippen LogP contribution in [0.1, 0.15) is 0 Å². The molecular weight excluding hydrogens is 727 g/mol. The van der Waals surface area contributed by atoms with Crippen molar-refractivity contribution in [3.8, 4) is 55.6 Å². The maximum Gasteiger partial charge on any atom is 0.159 e. The van der Waals surface area contributed by atoms with Gasteiger partial charge in [0, 0.05) is 22.0 Å². The van der Waals surface area contributed by atoms with Gasteiger partial charge in [-0.3, -0.25) is 0 Å². The van der Waals surface area contributed by atoms with Crippen LogP contribution in [0.2, 0.25) is 0 Å². The minimum atomic E-state index is 0.850. The van der Waals surface area contributed by atoms with Crippen LogP contribution >= 0.6 is 0 Å². The van der Waals surface area contributed by atoms with E-state index in [0.717, 1.165) is 55.7 Å². The summed E-state index contributed by atoms with van der Waals surface area (Å²) in [5, 5.41) is 4.66. The van der Waals surface area contributed by atoms with E-state index in [-0.39, 0.29) is 0 Å². The Labute approximate surface area is 349 Å². The molecule has 0 aliphatic rings. The van der Waals surface area contributed by atoms with Crippen molar-refractivity contribution in [3.63, 3.8) is 0 Å². The van der Waals surface area contributed by atoms with Crippen LogP contribution in [-0.2, 0) is 0 Å². The molecule has 0 spiro atoms. The number of rotatable bonds is 8. The van der Waals surface area contributed by atoms with Crippen molar-refractivity contribution in [2.24, 2.45) is 0 Å². The fourth-order valence-electron chi connectivity index (χ4n) is 8.88. The molecule has 0 N–H and O–H groups in total. The van der Waals surface area contributed by atoms with E-state index in [1.54, 1.807) is 0 Å². The molecule has 0 atom stereocenters. The lowest BCUT2D eigenvalue weighted by Gasteiger charge is -2.29. The van der Waals surface area contributed by atoms with Crippen LogP contribution in [0.15, 0.2) is 241 Å². The molecule has 0 amide bonds. The van der Waals surface area contributed by atoms with Gasteiger partial charge in [-0.05, 0) is 97.2 Å². The standard InChI is InChI=1S/C58H39NO/c1-3-17-40(18-4-1)44-35-38-50(54(39-44)42-19-5-2-6-20-42)48-24-9-10-25-49(48)51-26-11-13-30-55(51)59(56-31-16-29-53-52-27-12-14-32-57(52)60-58(53)56)45-36-33-43(34-37-45)47-28-15-22-41-21-7-8-23-46(41)47/h1-39H. The van der Waals surface area contributed by atoms with Crippen molar-refractivity contribution in [3.05, 3.63) is 237 Å². The molecule has 0 bridgehead atoms. The summed E-state index contributed by atoms with van der Waals surface area (Å²) < 4.78 is 6.76. The maximum atomic E-state index is 6.76. The summed E-state index contributed by atoms with van der Waals surface area (Å²) >= 11 is 0. The van der Waals surface area contributed by atoms with Gasteiger partial charge >= 0.3 is 0 Å². The molecule has 10 aromatic carbocycles. The number of anilines is 3. The van der Waals surface area contributed by atoms with Crippen molar-refractivity contribution in [2.75, 3.05) is 4.90 Å². The quantitative estimate of drug-likeness (QED) is 0.153. The molecule has 1 heterocycles. The molecule has 0 fully saturated rings. The molecule has 2 nitrogen and oxygen atoms in total. The number of benzene rings is 10. The molecular formula is C58H39NO. The molecule has 2 heteroatoms. The minimum absolute atomic E-state index is 0.850. The first-order chi connectivity index (χ1) is 29.8. The van der Waals surface area contributed by atoms with Gasteiger partial charge in [-0.1, -0.05) is 200 Å². The summed E-state index contributed by atoms with van der Waals surface area (Å²) in [6.07, 6.45) is 0. The Morgan fingerprint density at radius 3 is 1.60 bits per heavy atom. The SMILES string of the molecule is c1ccc(-c2ccc(-c3ccccc3-c3ccccc3N(c3ccc(-c4cccc5ccccc45)cc3)c3cccc4c3oc3ccccc34)c(-c3ccccc3)c2)cc1. The van der Waals surface area contributed by atoms with Crippen molar-refractivity contribution in [1.29, 1.82) is 0 Å². The summed E-state index contributed by atoms with van der Waals surface area (Å²) in [6, 6.07) is 84.8. The van der Waals surface area contributed by atoms with E-state index in [1.807, 2.05) is 6.07 Å². The highest BCUT2D eigenvalue weighted by Crippen LogP contribution is 2.48. The maximum absolute atomic E-state index is 6.76. The first-order valence-electron chi connectivity index (χ1n) is 20.5. The zero-order valence-electron chi connectivity index (χ0n) is 32.9. The predicted molar refractivity (Wildman–Crippen MR) is 253 cm³/mol. The third-order valence-corrected chi connectivity index (χ3v) is 11.7. The van der Waals surface area contributed by atoms with Crippen LogP contribution in [0.25, 0.3) is 88.3 Å². The van der Waals surface area contributed by atoms with Crippen LogP contribution in [0.5, 0.6) is 0 Å². The molecule has 11 rings (SSSR count). The monoisotopic (exact) mass is 765 g/mol. The normalized spacial score (nSPS) is 11.3. The summed E-state index contributed by atoms with van der Waals surface area (Å²) in [7, 11) is 0. The summed E-state index contributed by atoms with van der Waals surface area (Å²) in [5.74, 6) is 0. The smallest absolute Gasteiger partial charge is 0.159 e. The fraction of sp³-hybridized carbons (Fsp3) is 0. The van der Waals surface area contributed by atoms with Crippen molar-refractivity contribution in [2.45, 2.75) is 0 Å². The van der Waals surface area contributed by atoms with Gasteiger partial charge in [0.2, 0.25) is 0 Å². The first-order valence-corrected chi connectivity index (χ1v) is 20.5. The van der Waals surface area contributed by atoms with Gasteiger partial charge in [-0.2, -0.15) is 0 Å². The molecule has 60 heavy (non-hydrogen) atoms. The topological polar surface area (TPSA) is 16.4 Å². The molecule has 0 saturated heterocycles. The lowest BCUT2D eigenvalue weighted by atomic mass is 9.87. The molecule has 11 aromatic rings. The zero-order valence-corrected chi connectivity index (χ0v) is 32.9. The molecule has 282 valence electrons. The summed E-state index contributed by atoms with van der Waals surface area (Å²) in [5.41, 5.74) is 16.5. The Balaban J connectivity index is 1.12. The third kappa shape index (κ3) is 6.23. The Bertz CT molecular complexity index is 3300. The Kier molecular flexibility index (Phi) is 8.87. The first kappa shape index (κ1) is 35.2. The Hall–Kier alpha value is -7.94. The molecule has 0 radical (unpaired) electrons. The third-order valence-electron chi connectivity index (χ3n) is 11.7. The highest BCUT2D eigenvalue weighted by atomic mass is 16.3. The molecule has 0 saturated carbocycles. The number of hydrogen-bond donors (Lipinski definition) is 0. The predicted octanol–water partition coefficient (Wildman–Crippen LogP) is 16.5. The molecule has 0 aliphatic carbocycles. The molecule has 0 unspecified atom stereocenters. The van der Waals surface area contributed by atoms with E-state index in [2.05, 4.69) is 235 Å². The number of para-hydroxylation sites is 3. The minimum Gasteiger partial charge on any atom is -0.454 e. The average Bonchev–Trinajstić information content (AvgIpc) is 3.72. The van der Waals surface area contributed by atoms with Crippen LogP contribution < -0.4 is 4.90 Å². The summed E-state index contributed by atoms with van der Waals surface area (Å²) in [6.45, 7) is 0. The zero-order chi connectivity index (χ0) is 39.8. The lowest BCUT2D eigenvalue weighted by molar-refractivity contribution is 0.669. The fourth-order valence-corrected chi connectivity index (χ4v) is 8.88. The van der Waals surface area contributed by atoms with E-state index < -0.39 is 0 Å². The Morgan fingerprint density at radius 2 is 0.800 bits per heavy atom. The number of fused-ring (bicyclic) bond motifs is 4. The van der Waals surface area contributed by atoms with E-state index >= 15 is 0 Å². The van der Waals surface area contributed by atoms with Gasteiger partial charge in [-0.25, -0.2) is 0 Å². The second-order valence-corrected chi connectivity index (χ2v) is 15.2. The Morgan fingerprint density at radius 1 is 0.283 bits per heavy atom. The lowest BCUT2D eigenvalue weighted by Crippen LogP contribution is -2.11. The second-order valence-electron chi connectivity index (χ2n) is 15.2. The van der Waals surface area contributed by atoms with Crippen LogP contribution in [0.3, 0.4) is 0 Å². The van der Waals surface area contributed by atoms with E-state index in [1.165, 1.54) is 49.7 Å². The van der Waals surface area contributed by atoms with E-state index in [9.17, 15) is 0 Å². The average molecular weight is 766 g/mol. The van der Waals surface area contributed by atoms with Crippen molar-refractivity contribution in [1.82, 2.24) is 0 Å². The summed E-state index contributed by atoms with van der Waals surface area (Å²) in [4.78, 5) is 2.38. The van der Waals surface area contributed by atoms with Crippen LogP contribution in [0, 0.1) is 0 Å². The van der Waals surface area contributed by atoms with E-state index in [0.29, 0.717) is 0 Å². The van der Waals surface area contributed by atoms with Gasteiger partial charge in [0.05, 0.1) is 11.4 Å². The van der Waals surface area contributed by atoms with Crippen molar-refractivity contribution < 1.29 is 4.42 Å². The highest BCUT2D eigenvalue weighted by molar-refractivity contribution is 6.11. The second kappa shape index (κ2) is 15.1. The van der Waals surface area contributed by atoms with Crippen molar-refractivity contribution >= 4 is 49.8 Å². The number of furan rings is 1. The van der Waals surface area contributed by atoms with E-state index in [4.69, 9.17) is 4.42 Å². The number of nitrogens with zero attached hydrogens (tertiary/aromatic N) is 1. The van der Waals surface area contributed by atoms with Gasteiger partial charge in [-0.15, -0.1) is 0 Å². The number of hydrogen-bond acceptors (Lipinski definition) is 2.